The average Bonchev–Trinajstić information content (AvgIpc) is 2.61. The minimum atomic E-state index is 0.220. The molecule has 2 N–H and O–H groups in total. The second kappa shape index (κ2) is 2.98. The molecule has 2 unspecified atom stereocenters. The van der Waals surface area contributed by atoms with Crippen LogP contribution in [0.4, 0.5) is 0 Å². The van der Waals surface area contributed by atoms with Gasteiger partial charge in [0, 0.05) is 26.1 Å². The minimum Gasteiger partial charge on any atom is -0.342 e. The van der Waals surface area contributed by atoms with Gasteiger partial charge < -0.3 is 10.6 Å². The van der Waals surface area contributed by atoms with Crippen LogP contribution in [0.3, 0.4) is 0 Å². The molecule has 1 heterocycles. The van der Waals surface area contributed by atoms with E-state index in [0.717, 1.165) is 25.9 Å². The van der Waals surface area contributed by atoms with Gasteiger partial charge in [-0.15, -0.1) is 0 Å². The van der Waals surface area contributed by atoms with Crippen molar-refractivity contribution in [1.82, 2.24) is 4.90 Å². The minimum absolute atomic E-state index is 0.220. The van der Waals surface area contributed by atoms with Crippen molar-refractivity contribution >= 4 is 5.91 Å². The molecule has 0 aromatic rings. The number of amides is 1. The number of hydrogen-bond donors (Lipinski definition) is 1. The Morgan fingerprint density at radius 1 is 1.54 bits per heavy atom. The number of rotatable bonds is 0. The number of carbonyl (C=O) groups excluding carboxylic acids is 1. The van der Waals surface area contributed by atoms with E-state index in [9.17, 15) is 4.79 Å². The molecule has 0 radical (unpaired) electrons. The van der Waals surface area contributed by atoms with Crippen LogP contribution in [0.15, 0.2) is 0 Å². The summed E-state index contributed by atoms with van der Waals surface area (Å²) in [5.41, 5.74) is 6.30. The van der Waals surface area contributed by atoms with E-state index in [2.05, 4.69) is 0 Å². The molecule has 1 aliphatic carbocycles. The molecular weight excluding hydrogens is 164 g/mol. The van der Waals surface area contributed by atoms with Crippen molar-refractivity contribution in [3.05, 3.63) is 0 Å². The third-order valence-corrected chi connectivity index (χ3v) is 3.62. The molecule has 2 fully saturated rings. The first-order chi connectivity index (χ1) is 6.11. The lowest BCUT2D eigenvalue weighted by Gasteiger charge is -2.23. The molecule has 1 aliphatic heterocycles. The van der Waals surface area contributed by atoms with Gasteiger partial charge in [0.05, 0.1) is 0 Å². The molecule has 13 heavy (non-hydrogen) atoms. The maximum Gasteiger partial charge on any atom is 0.219 e. The maximum absolute atomic E-state index is 11.2. The van der Waals surface area contributed by atoms with E-state index in [0.29, 0.717) is 11.5 Å². The summed E-state index contributed by atoms with van der Waals surface area (Å²) < 4.78 is 0. The van der Waals surface area contributed by atoms with E-state index in [4.69, 9.17) is 5.73 Å². The molecule has 3 heteroatoms. The predicted molar refractivity (Wildman–Crippen MR) is 51.1 cm³/mol. The second-order valence-corrected chi connectivity index (χ2v) is 4.69. The summed E-state index contributed by atoms with van der Waals surface area (Å²) in [7, 11) is 0. The van der Waals surface area contributed by atoms with Crippen molar-refractivity contribution in [2.45, 2.75) is 38.6 Å². The Labute approximate surface area is 79.3 Å². The molecule has 0 bridgehead atoms. The van der Waals surface area contributed by atoms with Gasteiger partial charge in [-0.25, -0.2) is 0 Å². The predicted octanol–water partition coefficient (Wildman–Crippen LogP) is 0.736. The highest BCUT2D eigenvalue weighted by Gasteiger charge is 2.43. The van der Waals surface area contributed by atoms with E-state index in [1.165, 1.54) is 12.8 Å². The number of hydrogen-bond acceptors (Lipinski definition) is 2. The highest BCUT2D eigenvalue weighted by atomic mass is 16.2. The number of likely N-dealkylation sites (tertiary alicyclic amines) is 1. The molecule has 1 saturated carbocycles. The van der Waals surface area contributed by atoms with Crippen molar-refractivity contribution in [3.8, 4) is 0 Å². The molecule has 3 nitrogen and oxygen atoms in total. The third kappa shape index (κ3) is 1.57. The molecule has 0 aromatic heterocycles. The molecule has 1 spiro atoms. The van der Waals surface area contributed by atoms with Gasteiger partial charge in [0.15, 0.2) is 0 Å². The fraction of sp³-hybridized carbons (Fsp3) is 0.900. The van der Waals surface area contributed by atoms with E-state index in [-0.39, 0.29) is 5.91 Å². The van der Waals surface area contributed by atoms with Crippen LogP contribution in [0.5, 0.6) is 0 Å². The van der Waals surface area contributed by atoms with Crippen molar-refractivity contribution in [1.29, 1.82) is 0 Å². The summed E-state index contributed by atoms with van der Waals surface area (Å²) >= 11 is 0. The summed E-state index contributed by atoms with van der Waals surface area (Å²) in [6.45, 7) is 3.56. The van der Waals surface area contributed by atoms with Gasteiger partial charge in [-0.3, -0.25) is 4.79 Å². The first-order valence-electron chi connectivity index (χ1n) is 5.12. The van der Waals surface area contributed by atoms with Gasteiger partial charge >= 0.3 is 0 Å². The van der Waals surface area contributed by atoms with Crippen LogP contribution in [0.1, 0.15) is 32.6 Å². The molecule has 74 valence electrons. The number of nitrogens with two attached hydrogens (primary N) is 1. The fourth-order valence-corrected chi connectivity index (χ4v) is 2.83. The van der Waals surface area contributed by atoms with E-state index >= 15 is 0 Å². The van der Waals surface area contributed by atoms with Crippen LogP contribution >= 0.6 is 0 Å². The monoisotopic (exact) mass is 182 g/mol. The number of nitrogens with zero attached hydrogens (tertiary/aromatic N) is 1. The van der Waals surface area contributed by atoms with Gasteiger partial charge in [0.25, 0.3) is 0 Å². The SMILES string of the molecule is CC(=O)N1CCC2(CCC(N)C2)C1. The van der Waals surface area contributed by atoms with Crippen molar-refractivity contribution < 1.29 is 4.79 Å². The Morgan fingerprint density at radius 3 is 2.77 bits per heavy atom. The summed E-state index contributed by atoms with van der Waals surface area (Å²) in [5, 5.41) is 0. The first kappa shape index (κ1) is 9.00. The number of carbonyl (C=O) groups is 1. The molecule has 2 aliphatic rings. The molecule has 0 aromatic carbocycles. The van der Waals surface area contributed by atoms with Gasteiger partial charge in [0.1, 0.15) is 0 Å². The van der Waals surface area contributed by atoms with Crippen LogP contribution < -0.4 is 5.73 Å². The van der Waals surface area contributed by atoms with Crippen molar-refractivity contribution in [2.24, 2.45) is 11.1 Å². The maximum atomic E-state index is 11.2. The van der Waals surface area contributed by atoms with E-state index in [1.54, 1.807) is 6.92 Å². The van der Waals surface area contributed by atoms with Crippen LogP contribution in [-0.4, -0.2) is 29.9 Å². The smallest absolute Gasteiger partial charge is 0.219 e. The summed E-state index contributed by atoms with van der Waals surface area (Å²) in [5.74, 6) is 0.220. The Hall–Kier alpha value is -0.570. The first-order valence-corrected chi connectivity index (χ1v) is 5.12. The van der Waals surface area contributed by atoms with Gasteiger partial charge in [-0.1, -0.05) is 0 Å². The summed E-state index contributed by atoms with van der Waals surface area (Å²) in [6, 6.07) is 0.381. The Kier molecular flexibility index (Phi) is 2.06. The fourth-order valence-electron chi connectivity index (χ4n) is 2.83. The normalized spacial score (nSPS) is 38.9. The topological polar surface area (TPSA) is 46.3 Å². The Morgan fingerprint density at radius 2 is 2.31 bits per heavy atom. The quantitative estimate of drug-likeness (QED) is 0.600. The molecule has 2 rings (SSSR count). The van der Waals surface area contributed by atoms with Crippen LogP contribution in [0.25, 0.3) is 0 Å². The molecule has 2 atom stereocenters. The molecule has 1 amide bonds. The largest absolute Gasteiger partial charge is 0.342 e. The molecular formula is C10H18N2O. The highest BCUT2D eigenvalue weighted by Crippen LogP contribution is 2.44. The Bertz CT molecular complexity index is 229. The van der Waals surface area contributed by atoms with Crippen LogP contribution in [0.2, 0.25) is 0 Å². The Balaban J connectivity index is 2.01. The van der Waals surface area contributed by atoms with Crippen molar-refractivity contribution in [2.75, 3.05) is 13.1 Å². The lowest BCUT2D eigenvalue weighted by Crippen LogP contribution is -2.30. The van der Waals surface area contributed by atoms with Gasteiger partial charge in [-0.05, 0) is 31.1 Å². The van der Waals surface area contributed by atoms with Crippen LogP contribution in [-0.2, 0) is 4.79 Å². The summed E-state index contributed by atoms with van der Waals surface area (Å²) in [6.07, 6.45) is 4.65. The van der Waals surface area contributed by atoms with E-state index in [1.807, 2.05) is 4.90 Å². The summed E-state index contributed by atoms with van der Waals surface area (Å²) in [4.78, 5) is 13.1. The lowest BCUT2D eigenvalue weighted by molar-refractivity contribution is -0.128. The van der Waals surface area contributed by atoms with Crippen molar-refractivity contribution in [3.63, 3.8) is 0 Å². The highest BCUT2D eigenvalue weighted by molar-refractivity contribution is 5.73. The van der Waals surface area contributed by atoms with Gasteiger partial charge in [0.2, 0.25) is 5.91 Å². The average molecular weight is 182 g/mol. The van der Waals surface area contributed by atoms with Gasteiger partial charge in [-0.2, -0.15) is 0 Å². The lowest BCUT2D eigenvalue weighted by atomic mass is 9.85. The second-order valence-electron chi connectivity index (χ2n) is 4.69. The molecule has 1 saturated heterocycles. The zero-order chi connectivity index (χ0) is 9.47. The zero-order valence-electron chi connectivity index (χ0n) is 8.25. The standard InChI is InChI=1S/C10H18N2O/c1-8(13)12-5-4-10(7-12)3-2-9(11)6-10/h9H,2-7,11H2,1H3. The zero-order valence-corrected chi connectivity index (χ0v) is 8.25. The van der Waals surface area contributed by atoms with Crippen LogP contribution in [0, 0.1) is 5.41 Å². The third-order valence-electron chi connectivity index (χ3n) is 3.62. The van der Waals surface area contributed by atoms with E-state index < -0.39 is 0 Å².